The van der Waals surface area contributed by atoms with Crippen molar-refractivity contribution in [2.24, 2.45) is 17.8 Å². The van der Waals surface area contributed by atoms with E-state index in [1.165, 1.54) is 11.1 Å². The zero-order valence-electron chi connectivity index (χ0n) is 19.0. The molecule has 2 amide bonds. The second kappa shape index (κ2) is 9.65. The van der Waals surface area contributed by atoms with Gasteiger partial charge in [0.05, 0.1) is 5.92 Å². The number of nitrogens with one attached hydrogen (secondary N) is 1. The highest BCUT2D eigenvalue weighted by Crippen LogP contribution is 2.44. The summed E-state index contributed by atoms with van der Waals surface area (Å²) in [6.45, 7) is 5.01. The van der Waals surface area contributed by atoms with Crippen molar-refractivity contribution in [2.75, 3.05) is 26.2 Å². The molecular weight excluding hydrogens is 420 g/mol. The Bertz CT molecular complexity index is 1010. The number of hydrogen-bond donors (Lipinski definition) is 2. The van der Waals surface area contributed by atoms with Gasteiger partial charge in [-0.15, -0.1) is 0 Å². The third kappa shape index (κ3) is 4.87. The summed E-state index contributed by atoms with van der Waals surface area (Å²) in [6.07, 6.45) is -0.250. The lowest BCUT2D eigenvalue weighted by Gasteiger charge is -2.19. The van der Waals surface area contributed by atoms with Crippen LogP contribution in [0, 0.1) is 17.8 Å². The SMILES string of the molecule is CC(CNC(=O)OCC1c2ccccc2-c2ccccc21)CC(=O)N1CC(C)C(C(=O)O)C1. The predicted molar refractivity (Wildman–Crippen MR) is 124 cm³/mol. The molecule has 0 radical (unpaired) electrons. The summed E-state index contributed by atoms with van der Waals surface area (Å²) in [5, 5.41) is 12.0. The molecule has 1 aliphatic carbocycles. The van der Waals surface area contributed by atoms with Gasteiger partial charge in [0.15, 0.2) is 0 Å². The summed E-state index contributed by atoms with van der Waals surface area (Å²) in [6, 6.07) is 16.3. The second-order valence-corrected chi connectivity index (χ2v) is 9.24. The van der Waals surface area contributed by atoms with Crippen LogP contribution in [0.2, 0.25) is 0 Å². The molecule has 0 bridgehead atoms. The molecule has 174 valence electrons. The third-order valence-electron chi connectivity index (χ3n) is 6.74. The largest absolute Gasteiger partial charge is 0.481 e. The number of nitrogens with zero attached hydrogens (tertiary/aromatic N) is 1. The quantitative estimate of drug-likeness (QED) is 0.670. The highest BCUT2D eigenvalue weighted by molar-refractivity contribution is 5.80. The van der Waals surface area contributed by atoms with Gasteiger partial charge in [-0.1, -0.05) is 62.4 Å². The van der Waals surface area contributed by atoms with Crippen LogP contribution in [-0.2, 0) is 14.3 Å². The van der Waals surface area contributed by atoms with Crippen LogP contribution in [-0.4, -0.2) is 54.2 Å². The smallest absolute Gasteiger partial charge is 0.407 e. The number of fused-ring (bicyclic) bond motifs is 3. The minimum atomic E-state index is -0.859. The number of hydrogen-bond acceptors (Lipinski definition) is 4. The number of carbonyl (C=O) groups excluding carboxylic acids is 2. The van der Waals surface area contributed by atoms with Crippen LogP contribution in [0.25, 0.3) is 11.1 Å². The van der Waals surface area contributed by atoms with E-state index >= 15 is 0 Å². The van der Waals surface area contributed by atoms with Crippen LogP contribution in [0.3, 0.4) is 0 Å². The van der Waals surface area contributed by atoms with Crippen molar-refractivity contribution in [3.63, 3.8) is 0 Å². The summed E-state index contributed by atoms with van der Waals surface area (Å²) < 4.78 is 5.54. The van der Waals surface area contributed by atoms with Gasteiger partial charge in [-0.2, -0.15) is 0 Å². The lowest BCUT2D eigenvalue weighted by Crippen LogP contribution is -2.34. The Kier molecular flexibility index (Phi) is 6.67. The zero-order valence-corrected chi connectivity index (χ0v) is 19.0. The normalized spacial score (nSPS) is 20.1. The molecule has 2 aromatic rings. The van der Waals surface area contributed by atoms with Crippen LogP contribution in [0.15, 0.2) is 48.5 Å². The minimum absolute atomic E-state index is 0.00138. The Morgan fingerprint density at radius 3 is 2.24 bits per heavy atom. The lowest BCUT2D eigenvalue weighted by molar-refractivity contribution is -0.142. The number of ether oxygens (including phenoxy) is 1. The Hall–Kier alpha value is -3.35. The third-order valence-corrected chi connectivity index (χ3v) is 6.74. The second-order valence-electron chi connectivity index (χ2n) is 9.24. The van der Waals surface area contributed by atoms with E-state index in [9.17, 15) is 19.5 Å². The van der Waals surface area contributed by atoms with Gasteiger partial charge in [-0.05, 0) is 34.1 Å². The predicted octanol–water partition coefficient (Wildman–Crippen LogP) is 3.73. The molecule has 1 heterocycles. The van der Waals surface area contributed by atoms with Crippen molar-refractivity contribution in [2.45, 2.75) is 26.2 Å². The summed E-state index contributed by atoms with van der Waals surface area (Å²) in [5.74, 6) is -1.59. The lowest BCUT2D eigenvalue weighted by atomic mass is 9.98. The first-order valence-electron chi connectivity index (χ1n) is 11.4. The molecule has 7 heteroatoms. The number of aliphatic carboxylic acids is 1. The standard InChI is InChI=1S/C26H30N2O5/c1-16(11-24(29)28-13-17(2)22(14-28)25(30)31)12-27-26(32)33-15-23-20-9-5-3-7-18(20)19-8-4-6-10-21(19)23/h3-10,16-17,22-23H,11-15H2,1-2H3,(H,27,32)(H,30,31). The molecule has 1 aliphatic heterocycles. The summed E-state index contributed by atoms with van der Waals surface area (Å²) in [7, 11) is 0. The monoisotopic (exact) mass is 450 g/mol. The molecule has 2 aromatic carbocycles. The van der Waals surface area contributed by atoms with E-state index < -0.39 is 18.0 Å². The molecule has 0 saturated carbocycles. The van der Waals surface area contributed by atoms with Crippen molar-refractivity contribution in [3.05, 3.63) is 59.7 Å². The number of amides is 2. The van der Waals surface area contributed by atoms with Crippen LogP contribution < -0.4 is 5.32 Å². The van der Waals surface area contributed by atoms with E-state index in [0.717, 1.165) is 11.1 Å². The average Bonchev–Trinajstić information content (AvgIpc) is 3.35. The fourth-order valence-electron chi connectivity index (χ4n) is 4.90. The summed E-state index contributed by atoms with van der Waals surface area (Å²) >= 11 is 0. The van der Waals surface area contributed by atoms with Crippen LogP contribution in [0.5, 0.6) is 0 Å². The molecule has 3 unspecified atom stereocenters. The van der Waals surface area contributed by atoms with Gasteiger partial charge in [-0.3, -0.25) is 9.59 Å². The summed E-state index contributed by atoms with van der Waals surface area (Å²) in [4.78, 5) is 37.8. The maximum Gasteiger partial charge on any atom is 0.407 e. The molecule has 1 saturated heterocycles. The molecule has 2 N–H and O–H groups in total. The first-order chi connectivity index (χ1) is 15.8. The van der Waals surface area contributed by atoms with Gasteiger partial charge in [0.1, 0.15) is 6.61 Å². The summed E-state index contributed by atoms with van der Waals surface area (Å²) in [5.41, 5.74) is 4.67. The van der Waals surface area contributed by atoms with E-state index in [1.807, 2.05) is 38.1 Å². The van der Waals surface area contributed by atoms with Crippen molar-refractivity contribution in [1.29, 1.82) is 0 Å². The van der Waals surface area contributed by atoms with E-state index in [0.29, 0.717) is 13.1 Å². The maximum atomic E-state index is 12.5. The average molecular weight is 451 g/mol. The highest BCUT2D eigenvalue weighted by atomic mass is 16.5. The molecule has 3 atom stereocenters. The topological polar surface area (TPSA) is 95.9 Å². The van der Waals surface area contributed by atoms with Crippen molar-refractivity contribution in [3.8, 4) is 11.1 Å². The Morgan fingerprint density at radius 1 is 1.06 bits per heavy atom. The molecule has 4 rings (SSSR count). The molecule has 33 heavy (non-hydrogen) atoms. The zero-order chi connectivity index (χ0) is 23.5. The van der Waals surface area contributed by atoms with Gasteiger partial charge in [0.25, 0.3) is 0 Å². The number of rotatable bonds is 7. The fraction of sp³-hybridized carbons (Fsp3) is 0.423. The highest BCUT2D eigenvalue weighted by Gasteiger charge is 2.37. The first-order valence-corrected chi connectivity index (χ1v) is 11.4. The molecule has 0 spiro atoms. The van der Waals surface area contributed by atoms with Gasteiger partial charge >= 0.3 is 12.1 Å². The molecule has 7 nitrogen and oxygen atoms in total. The minimum Gasteiger partial charge on any atom is -0.481 e. The van der Waals surface area contributed by atoms with E-state index in [4.69, 9.17) is 4.74 Å². The maximum absolute atomic E-state index is 12.5. The van der Waals surface area contributed by atoms with Crippen LogP contribution in [0.1, 0.15) is 37.3 Å². The number of alkyl carbamates (subject to hydrolysis) is 1. The first kappa shape index (κ1) is 22.8. The van der Waals surface area contributed by atoms with Gasteiger partial charge in [0.2, 0.25) is 5.91 Å². The molecule has 1 fully saturated rings. The van der Waals surface area contributed by atoms with Crippen LogP contribution >= 0.6 is 0 Å². The molecule has 0 aromatic heterocycles. The number of benzene rings is 2. The van der Waals surface area contributed by atoms with Crippen molar-refractivity contribution >= 4 is 18.0 Å². The van der Waals surface area contributed by atoms with E-state index in [-0.39, 0.29) is 43.2 Å². The van der Waals surface area contributed by atoms with E-state index in [2.05, 4.69) is 29.6 Å². The van der Waals surface area contributed by atoms with E-state index in [1.54, 1.807) is 4.90 Å². The number of carbonyl (C=O) groups is 3. The van der Waals surface area contributed by atoms with Gasteiger partial charge in [0, 0.05) is 32.0 Å². The van der Waals surface area contributed by atoms with Gasteiger partial charge < -0.3 is 20.1 Å². The number of likely N-dealkylation sites (tertiary alicyclic amines) is 1. The fourth-order valence-corrected chi connectivity index (χ4v) is 4.90. The number of carboxylic acids is 1. The van der Waals surface area contributed by atoms with Crippen molar-refractivity contribution in [1.82, 2.24) is 10.2 Å². The van der Waals surface area contributed by atoms with Crippen LogP contribution in [0.4, 0.5) is 4.79 Å². The van der Waals surface area contributed by atoms with Crippen molar-refractivity contribution < 1.29 is 24.2 Å². The Labute approximate surface area is 193 Å². The Morgan fingerprint density at radius 2 is 1.67 bits per heavy atom. The van der Waals surface area contributed by atoms with Gasteiger partial charge in [-0.25, -0.2) is 4.79 Å². The Balaban J connectivity index is 1.25. The molecular formula is C26H30N2O5. The molecule has 2 aliphatic rings. The number of carboxylic acid groups (broad SMARTS) is 1.